The van der Waals surface area contributed by atoms with Crippen LogP contribution in [0.4, 0.5) is 0 Å². The molecule has 0 bridgehead atoms. The van der Waals surface area contributed by atoms with E-state index in [2.05, 4.69) is 15.3 Å². The minimum Gasteiger partial charge on any atom is -0.394 e. The second-order valence-corrected chi connectivity index (χ2v) is 5.57. The Morgan fingerprint density at radius 3 is 2.95 bits per heavy atom. The van der Waals surface area contributed by atoms with Crippen LogP contribution in [0.5, 0.6) is 0 Å². The Morgan fingerprint density at radius 1 is 1.64 bits per heavy atom. The lowest BCUT2D eigenvalue weighted by Crippen LogP contribution is -2.65. The SMILES string of the molecule is CN(C)C12N=CN([C@H]3C[C@H](O)[C@@H](CO)O3)C1=NC(=N)NC2=O. The Bertz CT molecular complexity index is 576. The van der Waals surface area contributed by atoms with E-state index >= 15 is 0 Å². The van der Waals surface area contributed by atoms with E-state index in [1.54, 1.807) is 19.0 Å². The molecule has 1 amide bonds. The van der Waals surface area contributed by atoms with Crippen molar-refractivity contribution in [2.45, 2.75) is 30.5 Å². The average Bonchev–Trinajstić information content (AvgIpc) is 3.00. The lowest BCUT2D eigenvalue weighted by atomic mass is 10.1. The van der Waals surface area contributed by atoms with Crippen molar-refractivity contribution < 1.29 is 19.7 Å². The fraction of sp³-hybridized carbons (Fsp3) is 0.667. The molecule has 3 aliphatic heterocycles. The molecule has 0 aliphatic carbocycles. The molecular weight excluding hydrogens is 292 g/mol. The topological polar surface area (TPSA) is 134 Å². The van der Waals surface area contributed by atoms with E-state index in [0.717, 1.165) is 0 Å². The molecule has 0 aromatic carbocycles. The van der Waals surface area contributed by atoms with Crippen LogP contribution in [0.1, 0.15) is 6.42 Å². The molecule has 4 atom stereocenters. The van der Waals surface area contributed by atoms with Gasteiger partial charge in [-0.2, -0.15) is 4.99 Å². The minimum absolute atomic E-state index is 0.245. The first-order chi connectivity index (χ1) is 10.4. The molecule has 0 spiro atoms. The van der Waals surface area contributed by atoms with Crippen molar-refractivity contribution in [1.82, 2.24) is 15.1 Å². The van der Waals surface area contributed by atoms with Crippen molar-refractivity contribution in [2.24, 2.45) is 9.98 Å². The summed E-state index contributed by atoms with van der Waals surface area (Å²) in [7, 11) is 3.37. The number of carbonyl (C=O) groups is 1. The molecule has 0 radical (unpaired) electrons. The van der Waals surface area contributed by atoms with Crippen LogP contribution in [0.3, 0.4) is 0 Å². The van der Waals surface area contributed by atoms with Crippen molar-refractivity contribution in [3.05, 3.63) is 0 Å². The number of hydrogen-bond acceptors (Lipinski definition) is 8. The van der Waals surface area contributed by atoms with Gasteiger partial charge in [-0.3, -0.25) is 25.3 Å². The molecular formula is C12H18N6O4. The first kappa shape index (κ1) is 15.0. The van der Waals surface area contributed by atoms with E-state index in [1.165, 1.54) is 11.2 Å². The number of ether oxygens (including phenoxy) is 1. The summed E-state index contributed by atoms with van der Waals surface area (Å²) in [5.74, 6) is -0.490. The number of amides is 1. The molecule has 3 aliphatic rings. The van der Waals surface area contributed by atoms with Gasteiger partial charge in [0.1, 0.15) is 12.3 Å². The molecule has 10 heteroatoms. The van der Waals surface area contributed by atoms with Gasteiger partial charge in [0.25, 0.3) is 11.6 Å². The summed E-state index contributed by atoms with van der Waals surface area (Å²) < 4.78 is 5.58. The number of rotatable bonds is 3. The molecule has 0 aromatic heterocycles. The number of guanidine groups is 1. The highest BCUT2D eigenvalue weighted by atomic mass is 16.5. The Hall–Kier alpha value is -1.88. The molecule has 0 aromatic rings. The van der Waals surface area contributed by atoms with Gasteiger partial charge >= 0.3 is 0 Å². The highest BCUT2D eigenvalue weighted by Crippen LogP contribution is 2.32. The molecule has 1 unspecified atom stereocenters. The first-order valence-electron chi connectivity index (χ1n) is 6.85. The van der Waals surface area contributed by atoms with Crippen LogP contribution >= 0.6 is 0 Å². The summed E-state index contributed by atoms with van der Waals surface area (Å²) in [6.07, 6.45) is -0.432. The van der Waals surface area contributed by atoms with Gasteiger partial charge in [-0.05, 0) is 14.1 Å². The minimum atomic E-state index is -1.35. The Balaban J connectivity index is 1.95. The molecule has 10 nitrogen and oxygen atoms in total. The third kappa shape index (κ3) is 1.96. The smallest absolute Gasteiger partial charge is 0.277 e. The number of fused-ring (bicyclic) bond motifs is 1. The second-order valence-electron chi connectivity index (χ2n) is 5.57. The second kappa shape index (κ2) is 5.09. The van der Waals surface area contributed by atoms with Crippen molar-refractivity contribution in [1.29, 1.82) is 5.41 Å². The molecule has 0 saturated carbocycles. The summed E-state index contributed by atoms with van der Waals surface area (Å²) in [6, 6.07) is 0. The predicted octanol–water partition coefficient (Wildman–Crippen LogP) is -2.48. The summed E-state index contributed by atoms with van der Waals surface area (Å²) in [5.41, 5.74) is -1.35. The van der Waals surface area contributed by atoms with Gasteiger partial charge in [-0.25, -0.2) is 4.99 Å². The standard InChI is InChI=1S/C12H18N6O4/c1-17(2)12-9(15-11(13)16-10(12)21)18(5-14-12)8-3-6(20)7(4-19)22-8/h5-8,19-20H,3-4H2,1-2H3,(H2,13,16,21)/t6-,7+,8+,12?/m0/s1. The largest absolute Gasteiger partial charge is 0.394 e. The van der Waals surface area contributed by atoms with Crippen molar-refractivity contribution in [2.75, 3.05) is 20.7 Å². The fourth-order valence-corrected chi connectivity index (χ4v) is 2.84. The number of amidine groups is 1. The maximum absolute atomic E-state index is 12.3. The van der Waals surface area contributed by atoms with Crippen LogP contribution in [0.15, 0.2) is 9.98 Å². The van der Waals surface area contributed by atoms with Gasteiger partial charge in [-0.1, -0.05) is 0 Å². The van der Waals surface area contributed by atoms with Crippen LogP contribution in [-0.4, -0.2) is 88.9 Å². The van der Waals surface area contributed by atoms with Gasteiger partial charge in [-0.15, -0.1) is 0 Å². The van der Waals surface area contributed by atoms with E-state index in [4.69, 9.17) is 10.1 Å². The zero-order valence-electron chi connectivity index (χ0n) is 12.2. The number of aliphatic imine (C=N–C) groups is 2. The maximum atomic E-state index is 12.3. The van der Waals surface area contributed by atoms with Gasteiger partial charge in [0.05, 0.1) is 19.0 Å². The van der Waals surface area contributed by atoms with E-state index in [9.17, 15) is 15.0 Å². The third-order valence-electron chi connectivity index (χ3n) is 4.03. The van der Waals surface area contributed by atoms with Crippen LogP contribution in [-0.2, 0) is 9.53 Å². The van der Waals surface area contributed by atoms with E-state index in [-0.39, 0.29) is 24.8 Å². The molecule has 120 valence electrons. The van der Waals surface area contributed by atoms with E-state index in [1.807, 2.05) is 0 Å². The van der Waals surface area contributed by atoms with E-state index in [0.29, 0.717) is 0 Å². The molecule has 1 saturated heterocycles. The summed E-state index contributed by atoms with van der Waals surface area (Å²) in [6.45, 7) is -0.301. The molecule has 1 fully saturated rings. The number of carbonyl (C=O) groups excluding carboxylic acids is 1. The van der Waals surface area contributed by atoms with Crippen LogP contribution < -0.4 is 5.32 Å². The number of nitrogens with zero attached hydrogens (tertiary/aromatic N) is 4. The van der Waals surface area contributed by atoms with Crippen LogP contribution in [0.2, 0.25) is 0 Å². The lowest BCUT2D eigenvalue weighted by molar-refractivity contribution is -0.127. The van der Waals surface area contributed by atoms with Crippen molar-refractivity contribution in [3.8, 4) is 0 Å². The zero-order chi connectivity index (χ0) is 16.1. The maximum Gasteiger partial charge on any atom is 0.277 e. The number of nitrogens with one attached hydrogen (secondary N) is 2. The average molecular weight is 310 g/mol. The van der Waals surface area contributed by atoms with Crippen LogP contribution in [0.25, 0.3) is 0 Å². The van der Waals surface area contributed by atoms with Crippen LogP contribution in [0, 0.1) is 5.41 Å². The molecule has 3 rings (SSSR count). The summed E-state index contributed by atoms with van der Waals surface area (Å²) in [5, 5.41) is 29.0. The quantitative estimate of drug-likeness (QED) is 0.456. The fourth-order valence-electron chi connectivity index (χ4n) is 2.84. The van der Waals surface area contributed by atoms with Gasteiger partial charge in [0.15, 0.2) is 5.84 Å². The number of aliphatic hydroxyl groups is 2. The first-order valence-corrected chi connectivity index (χ1v) is 6.85. The molecule has 3 heterocycles. The summed E-state index contributed by atoms with van der Waals surface area (Å²) in [4.78, 5) is 23.8. The van der Waals surface area contributed by atoms with E-state index < -0.39 is 30.0 Å². The normalized spacial score (nSPS) is 37.6. The number of likely N-dealkylation sites (N-methyl/N-ethyl adjacent to an activating group) is 1. The zero-order valence-corrected chi connectivity index (χ0v) is 12.2. The van der Waals surface area contributed by atoms with Crippen molar-refractivity contribution in [3.63, 3.8) is 0 Å². The third-order valence-corrected chi connectivity index (χ3v) is 4.03. The predicted molar refractivity (Wildman–Crippen MR) is 76.4 cm³/mol. The molecule has 22 heavy (non-hydrogen) atoms. The van der Waals surface area contributed by atoms with Gasteiger partial charge in [0.2, 0.25) is 5.96 Å². The Kier molecular flexibility index (Phi) is 3.48. The lowest BCUT2D eigenvalue weighted by Gasteiger charge is -2.37. The Labute approximate surface area is 126 Å². The Morgan fingerprint density at radius 2 is 2.36 bits per heavy atom. The number of aliphatic hydroxyl groups excluding tert-OH is 2. The monoisotopic (exact) mass is 310 g/mol. The van der Waals surface area contributed by atoms with Gasteiger partial charge < -0.3 is 14.9 Å². The highest BCUT2D eigenvalue weighted by molar-refractivity contribution is 6.26. The highest BCUT2D eigenvalue weighted by Gasteiger charge is 2.56. The summed E-state index contributed by atoms with van der Waals surface area (Å²) >= 11 is 0. The molecule has 4 N–H and O–H groups in total. The van der Waals surface area contributed by atoms with Crippen molar-refractivity contribution >= 4 is 24.0 Å². The van der Waals surface area contributed by atoms with Gasteiger partial charge in [0, 0.05) is 6.42 Å². The number of hydrogen-bond donors (Lipinski definition) is 4.